The molecular formula is C20H28NO3+. The Bertz CT molecular complexity index is 582. The van der Waals surface area contributed by atoms with Crippen LogP contribution in [0.15, 0.2) is 30.3 Å². The van der Waals surface area contributed by atoms with Crippen LogP contribution in [0, 0.1) is 5.92 Å². The van der Waals surface area contributed by atoms with Gasteiger partial charge < -0.3 is 14.4 Å². The third-order valence-corrected chi connectivity index (χ3v) is 5.41. The van der Waals surface area contributed by atoms with Crippen molar-refractivity contribution in [2.24, 2.45) is 5.92 Å². The minimum Gasteiger partial charge on any atom is -0.496 e. The predicted molar refractivity (Wildman–Crippen MR) is 94.0 cm³/mol. The number of nitrogens with one attached hydrogen (secondary N) is 1. The minimum absolute atomic E-state index is 0.260. The number of ether oxygens (including phenoxy) is 2. The van der Waals surface area contributed by atoms with Crippen LogP contribution in [0.25, 0.3) is 6.08 Å². The van der Waals surface area contributed by atoms with Crippen molar-refractivity contribution in [2.45, 2.75) is 38.1 Å². The molecule has 1 aromatic carbocycles. The lowest BCUT2D eigenvalue weighted by atomic mass is 9.84. The molecule has 2 heterocycles. The summed E-state index contributed by atoms with van der Waals surface area (Å²) < 4.78 is 10.8. The summed E-state index contributed by atoms with van der Waals surface area (Å²) in [6.45, 7) is 3.15. The molecule has 4 nitrogen and oxygen atoms in total. The van der Waals surface area contributed by atoms with E-state index in [9.17, 15) is 4.79 Å². The molecule has 2 aliphatic rings. The van der Waals surface area contributed by atoms with Gasteiger partial charge in [0.25, 0.3) is 0 Å². The molecule has 2 fully saturated rings. The van der Waals surface area contributed by atoms with Crippen LogP contribution in [0.5, 0.6) is 5.75 Å². The smallest absolute Gasteiger partial charge is 0.330 e. The molecule has 1 aromatic rings. The van der Waals surface area contributed by atoms with Gasteiger partial charge in [-0.3, -0.25) is 0 Å². The van der Waals surface area contributed by atoms with Crippen LogP contribution in [0.2, 0.25) is 0 Å². The van der Waals surface area contributed by atoms with Gasteiger partial charge in [0, 0.05) is 17.6 Å². The molecule has 2 aliphatic heterocycles. The topological polar surface area (TPSA) is 40.0 Å². The molecule has 0 aliphatic carbocycles. The Labute approximate surface area is 144 Å². The van der Waals surface area contributed by atoms with Crippen molar-refractivity contribution in [2.75, 3.05) is 26.8 Å². The van der Waals surface area contributed by atoms with E-state index < -0.39 is 0 Å². The second-order valence-electron chi connectivity index (χ2n) is 6.87. The average molecular weight is 330 g/mol. The average Bonchev–Trinajstić information content (AvgIpc) is 2.64. The number of methoxy groups -OCH3 is 1. The van der Waals surface area contributed by atoms with Crippen LogP contribution < -0.4 is 9.64 Å². The highest BCUT2D eigenvalue weighted by Crippen LogP contribution is 2.21. The molecule has 24 heavy (non-hydrogen) atoms. The number of para-hydroxylation sites is 1. The maximum Gasteiger partial charge on any atom is 0.330 e. The minimum atomic E-state index is -0.260. The normalized spacial score (nSPS) is 26.8. The van der Waals surface area contributed by atoms with Gasteiger partial charge in [0.15, 0.2) is 0 Å². The summed E-state index contributed by atoms with van der Waals surface area (Å²) in [5, 5.41) is 0. The summed E-state index contributed by atoms with van der Waals surface area (Å²) in [4.78, 5) is 13.8. The fourth-order valence-corrected chi connectivity index (χ4v) is 4.18. The van der Waals surface area contributed by atoms with Gasteiger partial charge in [-0.1, -0.05) is 18.2 Å². The zero-order chi connectivity index (χ0) is 16.8. The van der Waals surface area contributed by atoms with Gasteiger partial charge in [-0.25, -0.2) is 4.79 Å². The van der Waals surface area contributed by atoms with E-state index in [1.165, 1.54) is 51.3 Å². The van der Waals surface area contributed by atoms with Gasteiger partial charge in [0.1, 0.15) is 12.4 Å². The molecule has 3 atom stereocenters. The van der Waals surface area contributed by atoms with Crippen LogP contribution in [0.4, 0.5) is 0 Å². The fourth-order valence-electron chi connectivity index (χ4n) is 4.18. The van der Waals surface area contributed by atoms with Crippen molar-refractivity contribution in [1.82, 2.24) is 0 Å². The lowest BCUT2D eigenvalue weighted by Crippen LogP contribution is -3.18. The van der Waals surface area contributed by atoms with Gasteiger partial charge in [0.05, 0.1) is 26.2 Å². The standard InChI is InChI=1S/C20H27NO3/c1-23-19-10-3-2-7-16(19)11-12-20(22)24-15-17-8-6-14-21-13-5-4-9-18(17)21/h2-3,7,10-12,17-18H,4-6,8-9,13-15H2,1H3/p+1/b12-11+/t17-,18-/m1/s1. The first kappa shape index (κ1) is 17.0. The summed E-state index contributed by atoms with van der Waals surface area (Å²) >= 11 is 0. The molecule has 0 saturated carbocycles. The van der Waals surface area contributed by atoms with E-state index in [1.807, 2.05) is 24.3 Å². The fraction of sp³-hybridized carbons (Fsp3) is 0.550. The molecule has 4 heteroatoms. The van der Waals surface area contributed by atoms with Crippen LogP contribution in [-0.4, -0.2) is 38.8 Å². The van der Waals surface area contributed by atoms with Gasteiger partial charge in [-0.2, -0.15) is 0 Å². The van der Waals surface area contributed by atoms with Crippen molar-refractivity contribution < 1.29 is 19.2 Å². The number of hydrogen-bond acceptors (Lipinski definition) is 3. The van der Waals surface area contributed by atoms with E-state index in [2.05, 4.69) is 0 Å². The molecule has 0 radical (unpaired) electrons. The van der Waals surface area contributed by atoms with E-state index in [0.717, 1.165) is 11.3 Å². The lowest BCUT2D eigenvalue weighted by molar-refractivity contribution is -0.940. The molecule has 0 spiro atoms. The number of carbonyl (C=O) groups is 1. The summed E-state index contributed by atoms with van der Waals surface area (Å²) in [5.41, 5.74) is 0.887. The van der Waals surface area contributed by atoms with Gasteiger partial charge in [-0.05, 0) is 44.2 Å². The van der Waals surface area contributed by atoms with E-state index >= 15 is 0 Å². The number of quaternary nitrogens is 1. The van der Waals surface area contributed by atoms with Crippen molar-refractivity contribution >= 4 is 12.0 Å². The summed E-state index contributed by atoms with van der Waals surface area (Å²) in [5.74, 6) is 1.02. The van der Waals surface area contributed by atoms with Gasteiger partial charge in [-0.15, -0.1) is 0 Å². The molecule has 130 valence electrons. The highest BCUT2D eigenvalue weighted by Gasteiger charge is 2.36. The van der Waals surface area contributed by atoms with Gasteiger partial charge in [0.2, 0.25) is 0 Å². The lowest BCUT2D eigenvalue weighted by Gasteiger charge is -2.40. The molecule has 2 saturated heterocycles. The second-order valence-corrected chi connectivity index (χ2v) is 6.87. The van der Waals surface area contributed by atoms with Crippen LogP contribution in [0.1, 0.15) is 37.7 Å². The molecule has 0 aromatic heterocycles. The second kappa shape index (κ2) is 8.34. The Morgan fingerprint density at radius 1 is 1.21 bits per heavy atom. The van der Waals surface area contributed by atoms with Gasteiger partial charge >= 0.3 is 5.97 Å². The zero-order valence-electron chi connectivity index (χ0n) is 14.5. The van der Waals surface area contributed by atoms with Crippen LogP contribution >= 0.6 is 0 Å². The number of esters is 1. The molecule has 0 amide bonds. The van der Waals surface area contributed by atoms with Crippen molar-refractivity contribution in [1.29, 1.82) is 0 Å². The quantitative estimate of drug-likeness (QED) is 0.664. The van der Waals surface area contributed by atoms with Crippen LogP contribution in [0.3, 0.4) is 0 Å². The van der Waals surface area contributed by atoms with Crippen molar-refractivity contribution in [3.8, 4) is 5.75 Å². The molecule has 1 N–H and O–H groups in total. The maximum atomic E-state index is 12.1. The highest BCUT2D eigenvalue weighted by molar-refractivity contribution is 5.87. The Kier molecular flexibility index (Phi) is 5.91. The largest absolute Gasteiger partial charge is 0.496 e. The Balaban J connectivity index is 1.52. The van der Waals surface area contributed by atoms with E-state index in [4.69, 9.17) is 9.47 Å². The van der Waals surface area contributed by atoms with E-state index in [1.54, 1.807) is 18.1 Å². The molecular weight excluding hydrogens is 302 g/mol. The SMILES string of the molecule is COc1ccccc1/C=C/C(=O)OC[C@H]1CCC[NH+]2CCCC[C@H]12. The monoisotopic (exact) mass is 330 g/mol. The number of carbonyl (C=O) groups excluding carboxylic acids is 1. The first-order valence-electron chi connectivity index (χ1n) is 9.10. The number of rotatable bonds is 5. The summed E-state index contributed by atoms with van der Waals surface area (Å²) in [7, 11) is 1.63. The third-order valence-electron chi connectivity index (χ3n) is 5.41. The third kappa shape index (κ3) is 4.18. The Morgan fingerprint density at radius 2 is 2.04 bits per heavy atom. The number of benzene rings is 1. The Hall–Kier alpha value is -1.81. The number of hydrogen-bond donors (Lipinski definition) is 1. The summed E-state index contributed by atoms with van der Waals surface area (Å²) in [6.07, 6.45) is 9.68. The maximum absolute atomic E-state index is 12.1. The van der Waals surface area contributed by atoms with E-state index in [-0.39, 0.29) is 5.97 Å². The molecule has 1 unspecified atom stereocenters. The predicted octanol–water partition coefficient (Wildman–Crippen LogP) is 2.10. The van der Waals surface area contributed by atoms with Crippen molar-refractivity contribution in [3.05, 3.63) is 35.9 Å². The highest BCUT2D eigenvalue weighted by atomic mass is 16.5. The summed E-state index contributed by atoms with van der Waals surface area (Å²) in [6, 6.07) is 8.34. The Morgan fingerprint density at radius 3 is 2.92 bits per heavy atom. The van der Waals surface area contributed by atoms with E-state index in [0.29, 0.717) is 18.6 Å². The first-order chi connectivity index (χ1) is 11.8. The molecule has 0 bridgehead atoms. The first-order valence-corrected chi connectivity index (χ1v) is 9.10. The number of piperidine rings is 2. The van der Waals surface area contributed by atoms with Crippen molar-refractivity contribution in [3.63, 3.8) is 0 Å². The molecule has 3 rings (SSSR count). The van der Waals surface area contributed by atoms with Crippen LogP contribution in [-0.2, 0) is 9.53 Å². The zero-order valence-corrected chi connectivity index (χ0v) is 14.5. The number of fused-ring (bicyclic) bond motifs is 1.